The Morgan fingerprint density at radius 1 is 1.53 bits per heavy atom. The van der Waals surface area contributed by atoms with Crippen LogP contribution in [-0.2, 0) is 17.8 Å². The van der Waals surface area contributed by atoms with Gasteiger partial charge in [0.1, 0.15) is 4.88 Å². The third kappa shape index (κ3) is 2.80. The van der Waals surface area contributed by atoms with Crippen LogP contribution in [0.1, 0.15) is 24.0 Å². The molecular weight excluding hydrogens is 258 g/mol. The number of aromatic nitrogens is 3. The van der Waals surface area contributed by atoms with Crippen molar-refractivity contribution in [2.45, 2.75) is 26.4 Å². The summed E-state index contributed by atoms with van der Waals surface area (Å²) in [4.78, 5) is 5.68. The van der Waals surface area contributed by atoms with Gasteiger partial charge in [0.15, 0.2) is 0 Å². The molecule has 0 atom stereocenters. The second-order valence-corrected chi connectivity index (χ2v) is 4.94. The summed E-state index contributed by atoms with van der Waals surface area (Å²) >= 11 is 6.44. The van der Waals surface area contributed by atoms with Crippen LogP contribution in [0.5, 0.6) is 0 Å². The molecule has 2 rings (SSSR count). The zero-order valence-electron chi connectivity index (χ0n) is 9.65. The zero-order valence-corrected chi connectivity index (χ0v) is 11.3. The Bertz CT molecular complexity index is 544. The van der Waals surface area contributed by atoms with Crippen molar-refractivity contribution in [1.29, 1.82) is 0 Å². The minimum atomic E-state index is 0.272. The van der Waals surface area contributed by atoms with Gasteiger partial charge in [-0.3, -0.25) is 0 Å². The van der Waals surface area contributed by atoms with E-state index in [-0.39, 0.29) is 4.84 Å². The van der Waals surface area contributed by atoms with Gasteiger partial charge in [-0.15, -0.1) is 16.4 Å². The lowest BCUT2D eigenvalue weighted by molar-refractivity contribution is 0.182. The van der Waals surface area contributed by atoms with Gasteiger partial charge in [-0.2, -0.15) is 0 Å². The Kier molecular flexibility index (Phi) is 4.03. The van der Waals surface area contributed by atoms with E-state index in [0.29, 0.717) is 12.5 Å². The van der Waals surface area contributed by atoms with E-state index >= 15 is 0 Å². The molecule has 2 aromatic heterocycles. The fourth-order valence-electron chi connectivity index (χ4n) is 1.45. The van der Waals surface area contributed by atoms with Crippen LogP contribution < -0.4 is 0 Å². The normalized spacial score (nSPS) is 10.9. The van der Waals surface area contributed by atoms with Gasteiger partial charge >= 0.3 is 0 Å². The second kappa shape index (κ2) is 5.52. The molecule has 0 aromatic carbocycles. The molecular formula is C10H13N3O2S2. The lowest BCUT2D eigenvalue weighted by Gasteiger charge is -1.95. The molecule has 92 valence electrons. The maximum atomic E-state index is 5.31. The van der Waals surface area contributed by atoms with Crippen molar-refractivity contribution < 1.29 is 9.15 Å². The molecule has 0 saturated carbocycles. The van der Waals surface area contributed by atoms with E-state index < -0.39 is 0 Å². The summed E-state index contributed by atoms with van der Waals surface area (Å²) in [6, 6.07) is 0. The number of methoxy groups -OCH3 is 1. The predicted molar refractivity (Wildman–Crippen MR) is 67.5 cm³/mol. The van der Waals surface area contributed by atoms with Crippen molar-refractivity contribution in [3.63, 3.8) is 0 Å². The Labute approximate surface area is 108 Å². The van der Waals surface area contributed by atoms with Crippen LogP contribution in [0.4, 0.5) is 0 Å². The van der Waals surface area contributed by atoms with E-state index in [9.17, 15) is 0 Å². The molecule has 0 radical (unpaired) electrons. The highest BCUT2D eigenvalue weighted by Crippen LogP contribution is 2.30. The van der Waals surface area contributed by atoms with Gasteiger partial charge in [0.25, 0.3) is 10.7 Å². The Balaban J connectivity index is 2.39. The first-order valence-electron chi connectivity index (χ1n) is 5.28. The first kappa shape index (κ1) is 12.4. The number of H-pyrrole nitrogens is 1. The molecule has 0 spiro atoms. The largest absolute Gasteiger partial charge is 0.408 e. The van der Waals surface area contributed by atoms with Crippen molar-refractivity contribution in [1.82, 2.24) is 15.2 Å². The lowest BCUT2D eigenvalue weighted by atomic mass is 10.3. The predicted octanol–water partition coefficient (Wildman–Crippen LogP) is 2.95. The molecule has 1 N–H and O–H groups in total. The number of aromatic amines is 1. The van der Waals surface area contributed by atoms with Gasteiger partial charge in [-0.1, -0.05) is 6.92 Å². The molecule has 7 heteroatoms. The van der Waals surface area contributed by atoms with Crippen LogP contribution in [0, 0.1) is 4.84 Å². The Morgan fingerprint density at radius 2 is 2.35 bits per heavy atom. The number of hydrogen-bond donors (Lipinski definition) is 1. The third-order valence-electron chi connectivity index (χ3n) is 2.12. The maximum absolute atomic E-state index is 5.31. The van der Waals surface area contributed by atoms with Crippen molar-refractivity contribution >= 4 is 23.6 Å². The summed E-state index contributed by atoms with van der Waals surface area (Å²) in [6.45, 7) is 2.57. The topological polar surface area (TPSA) is 63.9 Å². The summed E-state index contributed by atoms with van der Waals surface area (Å²) in [5.41, 5.74) is 0.853. The van der Waals surface area contributed by atoms with Crippen LogP contribution in [0.25, 0.3) is 10.8 Å². The Hall–Kier alpha value is -1.05. The smallest absolute Gasteiger partial charge is 0.284 e. The van der Waals surface area contributed by atoms with Crippen LogP contribution in [-0.4, -0.2) is 22.3 Å². The quantitative estimate of drug-likeness (QED) is 0.847. The van der Waals surface area contributed by atoms with E-state index in [1.807, 2.05) is 0 Å². The molecule has 17 heavy (non-hydrogen) atoms. The monoisotopic (exact) mass is 271 g/mol. The van der Waals surface area contributed by atoms with Gasteiger partial charge in [-0.05, 0) is 25.1 Å². The highest BCUT2D eigenvalue weighted by molar-refractivity contribution is 7.71. The van der Waals surface area contributed by atoms with Crippen LogP contribution in [0.3, 0.4) is 0 Å². The van der Waals surface area contributed by atoms with Gasteiger partial charge in [0.05, 0.1) is 17.3 Å². The molecule has 2 aromatic rings. The standard InChI is InChI=1S/C10H13N3O2S2/c1-3-4-7-11-6(5-14-2)8(17-7)9-12-13-10(16)15-9/h3-5H2,1-2H3,(H,13,16). The van der Waals surface area contributed by atoms with Crippen LogP contribution in [0.2, 0.25) is 0 Å². The number of aryl methyl sites for hydroxylation is 1. The van der Waals surface area contributed by atoms with E-state index in [4.69, 9.17) is 21.4 Å². The molecule has 5 nitrogen and oxygen atoms in total. The molecule has 0 aliphatic carbocycles. The van der Waals surface area contributed by atoms with Gasteiger partial charge in [0, 0.05) is 7.11 Å². The number of ether oxygens (including phenoxy) is 1. The van der Waals surface area contributed by atoms with Crippen molar-refractivity contribution in [3.8, 4) is 10.8 Å². The number of nitrogens with zero attached hydrogens (tertiary/aromatic N) is 2. The summed E-state index contributed by atoms with van der Waals surface area (Å²) < 4.78 is 10.4. The molecule has 2 heterocycles. The summed E-state index contributed by atoms with van der Waals surface area (Å²) in [6.07, 6.45) is 2.01. The van der Waals surface area contributed by atoms with Gasteiger partial charge in [-0.25, -0.2) is 10.1 Å². The number of thiazole rings is 1. The molecule has 0 bridgehead atoms. The molecule has 0 unspecified atom stereocenters. The fourth-order valence-corrected chi connectivity index (χ4v) is 2.67. The summed E-state index contributed by atoms with van der Waals surface area (Å²) in [5.74, 6) is 0.488. The SMILES string of the molecule is CCCc1nc(COC)c(-c2n[nH]c(=S)o2)s1. The van der Waals surface area contributed by atoms with Crippen LogP contribution in [0.15, 0.2) is 4.42 Å². The van der Waals surface area contributed by atoms with E-state index in [0.717, 1.165) is 28.4 Å². The average molecular weight is 271 g/mol. The van der Waals surface area contributed by atoms with Gasteiger partial charge in [0.2, 0.25) is 0 Å². The fraction of sp³-hybridized carbons (Fsp3) is 0.500. The molecule has 0 amide bonds. The second-order valence-electron chi connectivity index (χ2n) is 3.48. The van der Waals surface area contributed by atoms with E-state index in [1.165, 1.54) is 0 Å². The first-order chi connectivity index (χ1) is 8.24. The lowest BCUT2D eigenvalue weighted by Crippen LogP contribution is -1.91. The van der Waals surface area contributed by atoms with Crippen molar-refractivity contribution in [2.24, 2.45) is 0 Å². The molecule has 0 saturated heterocycles. The maximum Gasteiger partial charge on any atom is 0.284 e. The number of nitrogens with one attached hydrogen (secondary N) is 1. The molecule has 0 fully saturated rings. The summed E-state index contributed by atoms with van der Waals surface area (Å²) in [7, 11) is 1.64. The average Bonchev–Trinajstić information content (AvgIpc) is 2.86. The highest BCUT2D eigenvalue weighted by Gasteiger charge is 2.16. The minimum Gasteiger partial charge on any atom is -0.408 e. The van der Waals surface area contributed by atoms with Crippen molar-refractivity contribution in [2.75, 3.05) is 7.11 Å². The van der Waals surface area contributed by atoms with Crippen molar-refractivity contribution in [3.05, 3.63) is 15.5 Å². The van der Waals surface area contributed by atoms with E-state index in [1.54, 1.807) is 18.4 Å². The van der Waals surface area contributed by atoms with Crippen LogP contribution >= 0.6 is 23.6 Å². The Morgan fingerprint density at radius 3 is 2.94 bits per heavy atom. The van der Waals surface area contributed by atoms with E-state index in [2.05, 4.69) is 22.1 Å². The number of hydrogen-bond acceptors (Lipinski definition) is 6. The highest BCUT2D eigenvalue weighted by atomic mass is 32.1. The zero-order chi connectivity index (χ0) is 12.3. The van der Waals surface area contributed by atoms with Gasteiger partial charge < -0.3 is 9.15 Å². The number of rotatable bonds is 5. The minimum absolute atomic E-state index is 0.272. The molecule has 0 aliphatic heterocycles. The summed E-state index contributed by atoms with van der Waals surface area (Å²) in [5, 5.41) is 7.70. The third-order valence-corrected chi connectivity index (χ3v) is 3.44. The molecule has 0 aliphatic rings. The first-order valence-corrected chi connectivity index (χ1v) is 6.50.